The van der Waals surface area contributed by atoms with Gasteiger partial charge in [0.05, 0.1) is 22.0 Å². The van der Waals surface area contributed by atoms with Crippen LogP contribution in [0.3, 0.4) is 0 Å². The first-order chi connectivity index (χ1) is 14.4. The Bertz CT molecular complexity index is 1320. The molecule has 0 fully saturated rings. The van der Waals surface area contributed by atoms with E-state index in [1.54, 1.807) is 30.3 Å². The summed E-state index contributed by atoms with van der Waals surface area (Å²) in [4.78, 5) is 32.8. The number of hydrogen-bond donors (Lipinski definition) is 2. The number of aromatic nitrogens is 4. The molecular weight excluding hydrogens is 429 g/mol. The van der Waals surface area contributed by atoms with Gasteiger partial charge in [-0.2, -0.15) is 0 Å². The quantitative estimate of drug-likeness (QED) is 0.456. The molecule has 1 amide bonds. The number of halogens is 2. The summed E-state index contributed by atoms with van der Waals surface area (Å²) in [6, 6.07) is 12.7. The molecule has 0 atom stereocenters. The normalized spacial score (nSPS) is 11.0. The van der Waals surface area contributed by atoms with E-state index in [9.17, 15) is 14.0 Å². The predicted octanol–water partition coefficient (Wildman–Crippen LogP) is 3.92. The van der Waals surface area contributed by atoms with Gasteiger partial charge in [-0.15, -0.1) is 0 Å². The van der Waals surface area contributed by atoms with Gasteiger partial charge in [-0.05, 0) is 36.8 Å². The van der Waals surface area contributed by atoms with Gasteiger partial charge in [-0.3, -0.25) is 14.7 Å². The topological polar surface area (TPSA) is 92.2 Å². The van der Waals surface area contributed by atoms with E-state index in [0.29, 0.717) is 15.9 Å². The number of aryl methyl sites for hydroxylation is 1. The van der Waals surface area contributed by atoms with E-state index in [-0.39, 0.29) is 34.3 Å². The number of hydrogen-bond acceptors (Lipinski definition) is 5. The van der Waals surface area contributed by atoms with Crippen molar-refractivity contribution in [3.05, 3.63) is 75.3 Å². The zero-order chi connectivity index (χ0) is 21.3. The maximum Gasteiger partial charge on any atom is 0.266 e. The van der Waals surface area contributed by atoms with Crippen molar-refractivity contribution >= 4 is 40.6 Å². The third kappa shape index (κ3) is 4.22. The summed E-state index contributed by atoms with van der Waals surface area (Å²) in [5.74, 6) is -0.675. The molecule has 7 nitrogen and oxygen atoms in total. The largest absolute Gasteiger partial charge is 0.324 e. The summed E-state index contributed by atoms with van der Waals surface area (Å²) in [5, 5.41) is 6.05. The van der Waals surface area contributed by atoms with E-state index in [2.05, 4.69) is 20.4 Å². The van der Waals surface area contributed by atoms with Crippen LogP contribution in [0.2, 0.25) is 5.02 Å². The maximum absolute atomic E-state index is 14.2. The predicted molar refractivity (Wildman–Crippen MR) is 115 cm³/mol. The summed E-state index contributed by atoms with van der Waals surface area (Å²) in [6.07, 6.45) is 0. The lowest BCUT2D eigenvalue weighted by Crippen LogP contribution is -2.15. The molecule has 0 bridgehead atoms. The molecule has 2 aromatic heterocycles. The van der Waals surface area contributed by atoms with Crippen molar-refractivity contribution in [3.63, 3.8) is 0 Å². The Kier molecular flexibility index (Phi) is 5.56. The number of H-pyrrole nitrogens is 1. The molecule has 30 heavy (non-hydrogen) atoms. The second kappa shape index (κ2) is 8.29. The Morgan fingerprint density at radius 2 is 2.03 bits per heavy atom. The molecule has 0 saturated heterocycles. The molecule has 0 aliphatic carbocycles. The molecule has 4 aromatic rings. The number of nitrogens with zero attached hydrogens (tertiary/aromatic N) is 3. The lowest BCUT2D eigenvalue weighted by atomic mass is 10.2. The summed E-state index contributed by atoms with van der Waals surface area (Å²) < 4.78 is 15.6. The van der Waals surface area contributed by atoms with Gasteiger partial charge in [0, 0.05) is 6.07 Å². The van der Waals surface area contributed by atoms with Crippen LogP contribution in [-0.2, 0) is 4.79 Å². The number of amides is 1. The molecule has 0 spiro atoms. The number of carbonyl (C=O) groups is 1. The van der Waals surface area contributed by atoms with Crippen LogP contribution < -0.4 is 10.9 Å². The molecule has 0 unspecified atom stereocenters. The molecular formula is C20H15ClFN5O2S. The van der Waals surface area contributed by atoms with Crippen molar-refractivity contribution in [2.24, 2.45) is 0 Å². The second-order valence-corrected chi connectivity index (χ2v) is 7.79. The first-order valence-corrected chi connectivity index (χ1v) is 10.2. The van der Waals surface area contributed by atoms with Crippen LogP contribution in [0.15, 0.2) is 58.5 Å². The van der Waals surface area contributed by atoms with Crippen molar-refractivity contribution in [1.29, 1.82) is 0 Å². The van der Waals surface area contributed by atoms with Crippen molar-refractivity contribution in [2.75, 3.05) is 11.1 Å². The lowest BCUT2D eigenvalue weighted by Gasteiger charge is -2.09. The van der Waals surface area contributed by atoms with E-state index < -0.39 is 5.82 Å². The number of rotatable bonds is 5. The molecule has 0 saturated carbocycles. The Morgan fingerprint density at radius 1 is 1.23 bits per heavy atom. The Balaban J connectivity index is 1.61. The molecule has 0 radical (unpaired) electrons. The molecule has 4 rings (SSSR count). The number of anilines is 1. The first kappa shape index (κ1) is 20.1. The molecule has 2 N–H and O–H groups in total. The van der Waals surface area contributed by atoms with E-state index in [0.717, 1.165) is 17.3 Å². The Hall–Kier alpha value is -3.17. The van der Waals surface area contributed by atoms with Gasteiger partial charge in [-0.1, -0.05) is 41.6 Å². The summed E-state index contributed by atoms with van der Waals surface area (Å²) in [6.45, 7) is 1.90. The fourth-order valence-electron chi connectivity index (χ4n) is 2.78. The van der Waals surface area contributed by atoms with Gasteiger partial charge in [0.15, 0.2) is 16.6 Å². The van der Waals surface area contributed by atoms with Gasteiger partial charge in [0.2, 0.25) is 5.91 Å². The number of aromatic amines is 1. The first-order valence-electron chi connectivity index (χ1n) is 8.84. The van der Waals surface area contributed by atoms with Gasteiger partial charge in [-0.25, -0.2) is 18.9 Å². The Labute approximate surface area is 179 Å². The van der Waals surface area contributed by atoms with Crippen molar-refractivity contribution < 1.29 is 9.18 Å². The van der Waals surface area contributed by atoms with Crippen LogP contribution in [0.1, 0.15) is 5.56 Å². The van der Waals surface area contributed by atoms with Crippen LogP contribution in [0.5, 0.6) is 0 Å². The zero-order valence-corrected chi connectivity index (χ0v) is 17.2. The van der Waals surface area contributed by atoms with E-state index >= 15 is 0 Å². The van der Waals surface area contributed by atoms with Crippen LogP contribution in [0.4, 0.5) is 10.1 Å². The molecule has 2 heterocycles. The van der Waals surface area contributed by atoms with Gasteiger partial charge in [0.25, 0.3) is 5.56 Å². The van der Waals surface area contributed by atoms with Crippen molar-refractivity contribution in [3.8, 4) is 11.4 Å². The van der Waals surface area contributed by atoms with Crippen LogP contribution in [-0.4, -0.2) is 31.2 Å². The van der Waals surface area contributed by atoms with Crippen molar-refractivity contribution in [2.45, 2.75) is 12.1 Å². The Morgan fingerprint density at radius 3 is 2.80 bits per heavy atom. The third-order valence-electron chi connectivity index (χ3n) is 4.17. The maximum atomic E-state index is 14.2. The molecule has 0 aliphatic rings. The third-order valence-corrected chi connectivity index (χ3v) is 5.42. The highest BCUT2D eigenvalue weighted by atomic mass is 35.5. The van der Waals surface area contributed by atoms with Gasteiger partial charge >= 0.3 is 0 Å². The van der Waals surface area contributed by atoms with Crippen LogP contribution >= 0.6 is 23.4 Å². The summed E-state index contributed by atoms with van der Waals surface area (Å²) in [5.41, 5.74) is 1.58. The molecule has 2 aromatic carbocycles. The minimum atomic E-state index is -0.484. The van der Waals surface area contributed by atoms with Gasteiger partial charge in [0.1, 0.15) is 5.82 Å². The monoisotopic (exact) mass is 443 g/mol. The fraction of sp³-hybridized carbons (Fsp3) is 0.100. The molecule has 152 valence electrons. The molecule has 10 heteroatoms. The minimum absolute atomic E-state index is 0.00671. The van der Waals surface area contributed by atoms with Crippen LogP contribution in [0, 0.1) is 12.7 Å². The zero-order valence-electron chi connectivity index (χ0n) is 15.6. The lowest BCUT2D eigenvalue weighted by molar-refractivity contribution is -0.113. The standard InChI is InChI=1S/C20H15ClFN5O2S/c1-11-6-7-15(13(21)8-11)23-18(29)10-30-20-25-19(12-4-2-3-5-14(12)22)24-16-9-17(28)26-27(16)20/h2-9H,10H2,1H3,(H,23,29)(H,26,28). The number of benzene rings is 2. The number of fused-ring (bicyclic) bond motifs is 1. The highest BCUT2D eigenvalue weighted by Gasteiger charge is 2.15. The van der Waals surface area contributed by atoms with Crippen molar-refractivity contribution in [1.82, 2.24) is 19.6 Å². The highest BCUT2D eigenvalue weighted by molar-refractivity contribution is 7.99. The van der Waals surface area contributed by atoms with E-state index in [1.165, 1.54) is 16.6 Å². The summed E-state index contributed by atoms with van der Waals surface area (Å²) in [7, 11) is 0. The van der Waals surface area contributed by atoms with E-state index in [1.807, 2.05) is 13.0 Å². The summed E-state index contributed by atoms with van der Waals surface area (Å²) >= 11 is 7.23. The average Bonchev–Trinajstić information content (AvgIpc) is 3.09. The van der Waals surface area contributed by atoms with E-state index in [4.69, 9.17) is 11.6 Å². The SMILES string of the molecule is Cc1ccc(NC(=O)CSc2nc(-c3ccccc3F)nc3cc(=O)[nH]n23)c(Cl)c1. The van der Waals surface area contributed by atoms with Crippen LogP contribution in [0.25, 0.3) is 17.0 Å². The average molecular weight is 444 g/mol. The fourth-order valence-corrected chi connectivity index (χ4v) is 3.82. The smallest absolute Gasteiger partial charge is 0.266 e. The highest BCUT2D eigenvalue weighted by Crippen LogP contribution is 2.25. The minimum Gasteiger partial charge on any atom is -0.324 e. The number of nitrogens with one attached hydrogen (secondary N) is 2. The van der Waals surface area contributed by atoms with Gasteiger partial charge < -0.3 is 5.32 Å². The second-order valence-electron chi connectivity index (χ2n) is 6.44. The number of thioether (sulfide) groups is 1. The number of carbonyl (C=O) groups excluding carboxylic acids is 1. The molecule has 0 aliphatic heterocycles.